The van der Waals surface area contributed by atoms with Gasteiger partial charge in [-0.1, -0.05) is 29.3 Å². The van der Waals surface area contributed by atoms with Crippen molar-refractivity contribution in [2.24, 2.45) is 0 Å². The zero-order chi connectivity index (χ0) is 13.0. The first kappa shape index (κ1) is 17.1. The number of nitrogens with one attached hydrogen (secondary N) is 1. The van der Waals surface area contributed by atoms with Crippen LogP contribution in [-0.2, 0) is 6.54 Å². The molecular weight excluding hydrogens is 303 g/mol. The average molecular weight is 324 g/mol. The van der Waals surface area contributed by atoms with Crippen LogP contribution in [0, 0.1) is 0 Å². The summed E-state index contributed by atoms with van der Waals surface area (Å²) in [5.41, 5.74) is 1.04. The van der Waals surface area contributed by atoms with Crippen LogP contribution in [0.3, 0.4) is 0 Å². The molecule has 1 aliphatic rings. The van der Waals surface area contributed by atoms with Gasteiger partial charge in [0.05, 0.1) is 0 Å². The van der Waals surface area contributed by atoms with Crippen LogP contribution >= 0.6 is 35.6 Å². The fourth-order valence-electron chi connectivity index (χ4n) is 2.50. The van der Waals surface area contributed by atoms with Crippen LogP contribution < -0.4 is 5.32 Å². The lowest BCUT2D eigenvalue weighted by Gasteiger charge is -2.27. The van der Waals surface area contributed by atoms with Gasteiger partial charge in [-0.05, 0) is 51.5 Å². The van der Waals surface area contributed by atoms with Gasteiger partial charge < -0.3 is 5.32 Å². The van der Waals surface area contributed by atoms with Crippen LogP contribution in [0.25, 0.3) is 0 Å². The quantitative estimate of drug-likeness (QED) is 0.905. The monoisotopic (exact) mass is 322 g/mol. The molecule has 1 aromatic carbocycles. The highest BCUT2D eigenvalue weighted by atomic mass is 35.5. The molecule has 1 atom stereocenters. The fraction of sp³-hybridized carbons (Fsp3) is 0.571. The molecule has 0 saturated carbocycles. The van der Waals surface area contributed by atoms with E-state index in [1.807, 2.05) is 18.2 Å². The van der Waals surface area contributed by atoms with Crippen LogP contribution in [0.1, 0.15) is 24.8 Å². The summed E-state index contributed by atoms with van der Waals surface area (Å²) in [4.78, 5) is 2.38. The van der Waals surface area contributed by atoms with E-state index in [4.69, 9.17) is 23.2 Å². The van der Waals surface area contributed by atoms with E-state index in [9.17, 15) is 0 Å². The molecule has 2 nitrogen and oxygen atoms in total. The van der Waals surface area contributed by atoms with E-state index in [2.05, 4.69) is 17.3 Å². The van der Waals surface area contributed by atoms with Crippen molar-refractivity contribution in [3.8, 4) is 0 Å². The van der Waals surface area contributed by atoms with E-state index in [1.54, 1.807) is 0 Å². The molecule has 0 aliphatic carbocycles. The summed E-state index contributed by atoms with van der Waals surface area (Å²) >= 11 is 12.4. The van der Waals surface area contributed by atoms with E-state index in [-0.39, 0.29) is 12.4 Å². The highest BCUT2D eigenvalue weighted by molar-refractivity contribution is 6.35. The zero-order valence-corrected chi connectivity index (χ0v) is 13.5. The molecule has 0 bridgehead atoms. The number of hydrogen-bond donors (Lipinski definition) is 1. The Bertz CT molecular complexity index is 370. The molecule has 1 N–H and O–H groups in total. The number of benzene rings is 1. The Hall–Kier alpha value is 0.01000. The SMILES string of the molecule is CN(Cc1c(Cl)cccc1Cl)C1CCCNCC1.Cl. The number of hydrogen-bond acceptors (Lipinski definition) is 2. The predicted molar refractivity (Wildman–Crippen MR) is 85.7 cm³/mol. The molecule has 1 aliphatic heterocycles. The molecular formula is C14H21Cl3N2. The summed E-state index contributed by atoms with van der Waals surface area (Å²) in [7, 11) is 2.16. The zero-order valence-electron chi connectivity index (χ0n) is 11.2. The summed E-state index contributed by atoms with van der Waals surface area (Å²) in [6, 6.07) is 6.33. The van der Waals surface area contributed by atoms with Gasteiger partial charge in [-0.3, -0.25) is 4.90 Å². The number of halogens is 3. The molecule has 108 valence electrons. The average Bonchev–Trinajstić information content (AvgIpc) is 2.62. The Balaban J connectivity index is 0.00000180. The summed E-state index contributed by atoms with van der Waals surface area (Å²) in [5.74, 6) is 0. The van der Waals surface area contributed by atoms with E-state index in [0.717, 1.165) is 35.2 Å². The van der Waals surface area contributed by atoms with Crippen LogP contribution in [0.2, 0.25) is 10.0 Å². The van der Waals surface area contributed by atoms with E-state index in [0.29, 0.717) is 6.04 Å². The third-order valence-corrected chi connectivity index (χ3v) is 4.35. The molecule has 5 heteroatoms. The van der Waals surface area contributed by atoms with Crippen molar-refractivity contribution in [2.75, 3.05) is 20.1 Å². The third-order valence-electron chi connectivity index (χ3n) is 3.64. The van der Waals surface area contributed by atoms with Gasteiger partial charge in [0.2, 0.25) is 0 Å². The molecule has 0 radical (unpaired) electrons. The summed E-state index contributed by atoms with van der Waals surface area (Å²) in [6.45, 7) is 3.06. The van der Waals surface area contributed by atoms with Gasteiger partial charge >= 0.3 is 0 Å². The lowest BCUT2D eigenvalue weighted by molar-refractivity contribution is 0.216. The summed E-state index contributed by atoms with van der Waals surface area (Å²) < 4.78 is 0. The van der Waals surface area contributed by atoms with Crippen LogP contribution in [0.5, 0.6) is 0 Å². The van der Waals surface area contributed by atoms with Crippen molar-refractivity contribution < 1.29 is 0 Å². The molecule has 1 heterocycles. The lowest BCUT2D eigenvalue weighted by atomic mass is 10.1. The maximum atomic E-state index is 6.22. The smallest absolute Gasteiger partial charge is 0.0465 e. The minimum Gasteiger partial charge on any atom is -0.317 e. The normalized spacial score (nSPS) is 19.9. The Morgan fingerprint density at radius 2 is 1.89 bits per heavy atom. The molecule has 0 amide bonds. The fourth-order valence-corrected chi connectivity index (χ4v) is 3.02. The van der Waals surface area contributed by atoms with Crippen molar-refractivity contribution in [3.05, 3.63) is 33.8 Å². The van der Waals surface area contributed by atoms with Gasteiger partial charge in [-0.2, -0.15) is 0 Å². The van der Waals surface area contributed by atoms with E-state index >= 15 is 0 Å². The lowest BCUT2D eigenvalue weighted by Crippen LogP contribution is -2.32. The van der Waals surface area contributed by atoms with Gasteiger partial charge in [0.25, 0.3) is 0 Å². The van der Waals surface area contributed by atoms with Crippen LogP contribution in [0.15, 0.2) is 18.2 Å². The molecule has 0 spiro atoms. The first-order valence-corrected chi connectivity index (χ1v) is 7.28. The second-order valence-electron chi connectivity index (χ2n) is 4.95. The van der Waals surface area contributed by atoms with Gasteiger partial charge in [0, 0.05) is 28.2 Å². The molecule has 1 aromatic rings. The molecule has 1 fully saturated rings. The van der Waals surface area contributed by atoms with Gasteiger partial charge in [-0.25, -0.2) is 0 Å². The summed E-state index contributed by atoms with van der Waals surface area (Å²) in [5, 5.41) is 4.97. The first-order valence-electron chi connectivity index (χ1n) is 6.52. The predicted octanol–water partition coefficient (Wildman–Crippen LogP) is 3.99. The van der Waals surface area contributed by atoms with Crippen LogP contribution in [-0.4, -0.2) is 31.1 Å². The largest absolute Gasteiger partial charge is 0.317 e. The minimum atomic E-state index is 0. The summed E-state index contributed by atoms with van der Waals surface area (Å²) in [6.07, 6.45) is 3.68. The van der Waals surface area contributed by atoms with E-state index in [1.165, 1.54) is 19.3 Å². The van der Waals surface area contributed by atoms with Gasteiger partial charge in [0.15, 0.2) is 0 Å². The highest BCUT2D eigenvalue weighted by Crippen LogP contribution is 2.26. The highest BCUT2D eigenvalue weighted by Gasteiger charge is 2.18. The molecule has 1 saturated heterocycles. The Labute approximate surface area is 131 Å². The van der Waals surface area contributed by atoms with Crippen LogP contribution in [0.4, 0.5) is 0 Å². The molecule has 2 rings (SSSR count). The maximum Gasteiger partial charge on any atom is 0.0465 e. The molecule has 1 unspecified atom stereocenters. The first-order chi connectivity index (χ1) is 8.68. The van der Waals surface area contributed by atoms with Gasteiger partial charge in [0.1, 0.15) is 0 Å². The van der Waals surface area contributed by atoms with Crippen molar-refractivity contribution >= 4 is 35.6 Å². The Morgan fingerprint density at radius 3 is 2.58 bits per heavy atom. The number of rotatable bonds is 3. The standard InChI is InChI=1S/C14H20Cl2N2.ClH/c1-18(11-4-3-8-17-9-7-11)10-12-13(15)5-2-6-14(12)16;/h2,5-6,11,17H,3-4,7-10H2,1H3;1H. The minimum absolute atomic E-state index is 0. The Morgan fingerprint density at radius 1 is 1.21 bits per heavy atom. The molecule has 0 aromatic heterocycles. The van der Waals surface area contributed by atoms with Gasteiger partial charge in [-0.15, -0.1) is 12.4 Å². The maximum absolute atomic E-state index is 6.22. The Kier molecular flexibility index (Phi) is 7.48. The van der Waals surface area contributed by atoms with E-state index < -0.39 is 0 Å². The second-order valence-corrected chi connectivity index (χ2v) is 5.76. The molecule has 19 heavy (non-hydrogen) atoms. The van der Waals surface area contributed by atoms with Crippen molar-refractivity contribution in [2.45, 2.75) is 31.8 Å². The topological polar surface area (TPSA) is 15.3 Å². The number of nitrogens with zero attached hydrogens (tertiary/aromatic N) is 1. The second kappa shape index (κ2) is 8.33. The van der Waals surface area contributed by atoms with Crippen molar-refractivity contribution in [3.63, 3.8) is 0 Å². The third kappa shape index (κ3) is 4.80. The van der Waals surface area contributed by atoms with Crippen molar-refractivity contribution in [1.29, 1.82) is 0 Å². The van der Waals surface area contributed by atoms with Crippen molar-refractivity contribution in [1.82, 2.24) is 10.2 Å².